The van der Waals surface area contributed by atoms with Gasteiger partial charge in [0.15, 0.2) is 5.11 Å². The number of rotatable bonds is 6. The van der Waals surface area contributed by atoms with Crippen LogP contribution in [0, 0.1) is 6.92 Å². The number of nitrogens with zero attached hydrogens (tertiary/aromatic N) is 3. The zero-order valence-corrected chi connectivity index (χ0v) is 24.2. The summed E-state index contributed by atoms with van der Waals surface area (Å²) in [6.45, 7) is 6.25. The van der Waals surface area contributed by atoms with Gasteiger partial charge in [0.25, 0.3) is 0 Å². The lowest BCUT2D eigenvalue weighted by Gasteiger charge is -2.10. The minimum Gasteiger partial charge on any atom is -0.457 e. The summed E-state index contributed by atoms with van der Waals surface area (Å²) >= 11 is 17.5. The van der Waals surface area contributed by atoms with Crippen molar-refractivity contribution in [1.29, 1.82) is 0 Å². The van der Waals surface area contributed by atoms with Crippen molar-refractivity contribution in [1.82, 2.24) is 20.3 Å². The summed E-state index contributed by atoms with van der Waals surface area (Å²) in [5.74, 6) is 1.11. The van der Waals surface area contributed by atoms with Crippen LogP contribution in [0.4, 0.5) is 5.69 Å². The van der Waals surface area contributed by atoms with E-state index in [1.54, 1.807) is 41.2 Å². The Balaban J connectivity index is 1.23. The molecule has 0 bridgehead atoms. The minimum atomic E-state index is -0.407. The molecule has 3 aromatic carbocycles. The number of amides is 1. The van der Waals surface area contributed by atoms with E-state index in [2.05, 4.69) is 46.8 Å². The molecular formula is C30H25Cl2N5O2S. The number of aryl methyl sites for hydroxylation is 1. The molecule has 0 aliphatic heterocycles. The largest absolute Gasteiger partial charge is 0.457 e. The number of hydrogen-bond donors (Lipinski definition) is 2. The molecule has 1 amide bonds. The number of fused-ring (bicyclic) bond motifs is 1. The highest BCUT2D eigenvalue weighted by Gasteiger charge is 2.11. The third-order valence-electron chi connectivity index (χ3n) is 6.17. The van der Waals surface area contributed by atoms with E-state index >= 15 is 0 Å². The van der Waals surface area contributed by atoms with Gasteiger partial charge in [-0.15, -0.1) is 10.2 Å². The van der Waals surface area contributed by atoms with Gasteiger partial charge in [0.2, 0.25) is 5.91 Å². The van der Waals surface area contributed by atoms with Gasteiger partial charge < -0.3 is 9.73 Å². The summed E-state index contributed by atoms with van der Waals surface area (Å²) in [6, 6.07) is 20.6. The van der Waals surface area contributed by atoms with Gasteiger partial charge in [-0.25, -0.2) is 0 Å². The summed E-state index contributed by atoms with van der Waals surface area (Å²) in [7, 11) is 0. The van der Waals surface area contributed by atoms with E-state index in [0.717, 1.165) is 28.0 Å². The van der Waals surface area contributed by atoms with Crippen molar-refractivity contribution in [3.8, 4) is 17.0 Å². The fourth-order valence-electron chi connectivity index (χ4n) is 4.07. The van der Waals surface area contributed by atoms with Crippen LogP contribution in [0.3, 0.4) is 0 Å². The van der Waals surface area contributed by atoms with E-state index in [4.69, 9.17) is 39.8 Å². The number of anilines is 1. The molecule has 0 unspecified atom stereocenters. The van der Waals surface area contributed by atoms with Gasteiger partial charge in [0.05, 0.1) is 5.69 Å². The van der Waals surface area contributed by atoms with Gasteiger partial charge in [0, 0.05) is 27.4 Å². The Bertz CT molecular complexity index is 1740. The number of thiocarbonyl (C=S) groups is 1. The maximum absolute atomic E-state index is 12.5. The second kappa shape index (κ2) is 11.6. The molecule has 40 heavy (non-hydrogen) atoms. The number of furan rings is 1. The fourth-order valence-corrected chi connectivity index (χ4v) is 4.81. The number of hydrogen-bond acceptors (Lipinski definition) is 5. The molecule has 0 saturated heterocycles. The highest BCUT2D eigenvalue weighted by atomic mass is 35.5. The van der Waals surface area contributed by atoms with Gasteiger partial charge in [-0.05, 0) is 96.9 Å². The average Bonchev–Trinajstić information content (AvgIpc) is 3.54. The number of aromatic nitrogens is 3. The molecule has 5 rings (SSSR count). The topological polar surface area (TPSA) is 85.0 Å². The first-order valence-electron chi connectivity index (χ1n) is 12.5. The van der Waals surface area contributed by atoms with Crippen molar-refractivity contribution in [3.05, 3.63) is 99.7 Å². The van der Waals surface area contributed by atoms with E-state index in [0.29, 0.717) is 33.0 Å². The van der Waals surface area contributed by atoms with E-state index in [1.807, 2.05) is 31.2 Å². The summed E-state index contributed by atoms with van der Waals surface area (Å²) in [5, 5.41) is 16.1. The molecule has 0 saturated carbocycles. The highest BCUT2D eigenvalue weighted by Crippen LogP contribution is 2.29. The second-order valence-corrected chi connectivity index (χ2v) is 10.8. The Morgan fingerprint density at radius 1 is 0.975 bits per heavy atom. The Kier molecular flexibility index (Phi) is 8.02. The predicted octanol–water partition coefficient (Wildman–Crippen LogP) is 7.95. The summed E-state index contributed by atoms with van der Waals surface area (Å²) in [5.41, 5.74) is 5.96. The Morgan fingerprint density at radius 2 is 1.65 bits per heavy atom. The van der Waals surface area contributed by atoms with Crippen LogP contribution >= 0.6 is 35.4 Å². The third kappa shape index (κ3) is 6.42. The van der Waals surface area contributed by atoms with Crippen LogP contribution in [0.2, 0.25) is 10.0 Å². The third-order valence-corrected chi connectivity index (χ3v) is 6.82. The molecule has 2 heterocycles. The van der Waals surface area contributed by atoms with E-state index < -0.39 is 5.91 Å². The van der Waals surface area contributed by atoms with Crippen molar-refractivity contribution in [3.63, 3.8) is 0 Å². The zero-order valence-electron chi connectivity index (χ0n) is 21.9. The minimum absolute atomic E-state index is 0.155. The van der Waals surface area contributed by atoms with Crippen molar-refractivity contribution < 1.29 is 9.21 Å². The molecule has 0 spiro atoms. The SMILES string of the molecule is Cc1cc2nn(-c3ccc(C(C)C)cc3)nc2cc1NC(=S)NC(=O)/C=C/c1ccc(-c2cc(Cl)cc(Cl)c2)o1. The normalized spacial score (nSPS) is 11.4. The Morgan fingerprint density at radius 3 is 2.33 bits per heavy atom. The van der Waals surface area contributed by atoms with Crippen molar-refractivity contribution in [2.45, 2.75) is 26.7 Å². The first-order chi connectivity index (χ1) is 19.1. The standard InChI is InChI=1S/C30H25Cl2N5O2S/c1-17(2)19-4-6-23(7-5-19)37-35-26-12-18(3)25(16-27(26)36-37)33-30(40)34-29(38)11-9-24-8-10-28(39-24)20-13-21(31)15-22(32)14-20/h4-17H,1-3H3,(H2,33,34,38,40)/b11-9+. The van der Waals surface area contributed by atoms with Crippen molar-refractivity contribution >= 4 is 69.2 Å². The number of carbonyl (C=O) groups is 1. The van der Waals surface area contributed by atoms with Crippen LogP contribution in [-0.4, -0.2) is 26.0 Å². The van der Waals surface area contributed by atoms with Crippen LogP contribution in [0.25, 0.3) is 34.1 Å². The second-order valence-electron chi connectivity index (χ2n) is 9.53. The van der Waals surface area contributed by atoms with E-state index in [9.17, 15) is 4.79 Å². The summed E-state index contributed by atoms with van der Waals surface area (Å²) < 4.78 is 5.79. The molecule has 10 heteroatoms. The predicted molar refractivity (Wildman–Crippen MR) is 165 cm³/mol. The molecule has 0 aliphatic rings. The van der Waals surface area contributed by atoms with Crippen LogP contribution in [0.15, 0.2) is 77.2 Å². The van der Waals surface area contributed by atoms with Crippen LogP contribution in [0.1, 0.15) is 36.7 Å². The Labute approximate surface area is 246 Å². The number of carbonyl (C=O) groups excluding carboxylic acids is 1. The molecule has 7 nitrogen and oxygen atoms in total. The lowest BCUT2D eigenvalue weighted by molar-refractivity contribution is -0.115. The number of benzene rings is 3. The highest BCUT2D eigenvalue weighted by molar-refractivity contribution is 7.80. The monoisotopic (exact) mass is 589 g/mol. The molecule has 0 atom stereocenters. The van der Waals surface area contributed by atoms with Crippen molar-refractivity contribution in [2.75, 3.05) is 5.32 Å². The Hall–Kier alpha value is -3.98. The van der Waals surface area contributed by atoms with E-state index in [1.165, 1.54) is 11.6 Å². The molecule has 0 radical (unpaired) electrons. The lowest BCUT2D eigenvalue weighted by atomic mass is 10.0. The van der Waals surface area contributed by atoms with Gasteiger partial charge in [-0.3, -0.25) is 10.1 Å². The lowest BCUT2D eigenvalue weighted by Crippen LogP contribution is -2.33. The van der Waals surface area contributed by atoms with Gasteiger partial charge in [-0.1, -0.05) is 49.2 Å². The molecule has 0 aliphatic carbocycles. The first-order valence-corrected chi connectivity index (χ1v) is 13.7. The molecule has 2 N–H and O–H groups in total. The summed E-state index contributed by atoms with van der Waals surface area (Å²) in [6.07, 6.45) is 2.89. The number of nitrogens with one attached hydrogen (secondary N) is 2. The molecule has 202 valence electrons. The van der Waals surface area contributed by atoms with Crippen LogP contribution in [0.5, 0.6) is 0 Å². The van der Waals surface area contributed by atoms with E-state index in [-0.39, 0.29) is 5.11 Å². The van der Waals surface area contributed by atoms with Gasteiger partial charge in [0.1, 0.15) is 22.6 Å². The van der Waals surface area contributed by atoms with Gasteiger partial charge in [-0.2, -0.15) is 4.80 Å². The quantitative estimate of drug-likeness (QED) is 0.154. The van der Waals surface area contributed by atoms with Gasteiger partial charge >= 0.3 is 0 Å². The van der Waals surface area contributed by atoms with Crippen LogP contribution in [-0.2, 0) is 4.79 Å². The molecule has 0 fully saturated rings. The molecule has 2 aromatic heterocycles. The zero-order chi connectivity index (χ0) is 28.4. The molecular weight excluding hydrogens is 565 g/mol. The van der Waals surface area contributed by atoms with Crippen molar-refractivity contribution in [2.24, 2.45) is 0 Å². The fraction of sp³-hybridized carbons (Fsp3) is 0.133. The smallest absolute Gasteiger partial charge is 0.250 e. The van der Waals surface area contributed by atoms with Crippen LogP contribution < -0.4 is 10.6 Å². The maximum atomic E-state index is 12.5. The molecule has 5 aromatic rings. The first kappa shape index (κ1) is 27.6. The maximum Gasteiger partial charge on any atom is 0.250 e. The summed E-state index contributed by atoms with van der Waals surface area (Å²) in [4.78, 5) is 14.1. The average molecular weight is 591 g/mol. The number of halogens is 2.